The summed E-state index contributed by atoms with van der Waals surface area (Å²) in [6.45, 7) is 2.14. The average Bonchev–Trinajstić information content (AvgIpc) is 3.02. The molecule has 0 aliphatic carbocycles. The third kappa shape index (κ3) is 8.78. The number of fused-ring (bicyclic) bond motifs is 1. The topological polar surface area (TPSA) is 113 Å². The second kappa shape index (κ2) is 13.9. The molecule has 4 aromatic rings. The van der Waals surface area contributed by atoms with E-state index in [9.17, 15) is 26.4 Å². The van der Waals surface area contributed by atoms with E-state index in [0.29, 0.717) is 35.6 Å². The van der Waals surface area contributed by atoms with Crippen molar-refractivity contribution >= 4 is 32.6 Å². The molecule has 0 spiro atoms. The molecule has 45 heavy (non-hydrogen) atoms. The van der Waals surface area contributed by atoms with Crippen molar-refractivity contribution in [2.24, 2.45) is 0 Å². The van der Waals surface area contributed by atoms with Gasteiger partial charge in [0.05, 0.1) is 22.7 Å². The van der Waals surface area contributed by atoms with Crippen LogP contribution in [0.3, 0.4) is 0 Å². The van der Waals surface area contributed by atoms with Crippen LogP contribution >= 0.6 is 0 Å². The van der Waals surface area contributed by atoms with Gasteiger partial charge in [0, 0.05) is 23.2 Å². The lowest BCUT2D eigenvalue weighted by atomic mass is 10.1. The molecule has 1 fully saturated rings. The molecule has 2 atom stereocenters. The molecule has 238 valence electrons. The molecule has 1 N–H and O–H groups in total. The van der Waals surface area contributed by atoms with Crippen LogP contribution in [-0.4, -0.2) is 57.7 Å². The number of halogens is 3. The summed E-state index contributed by atoms with van der Waals surface area (Å²) in [4.78, 5) is 15.8. The zero-order valence-electron chi connectivity index (χ0n) is 24.2. The SMILES string of the molecule is Cc1ccc(S(=O)(=O)OCC(COc2ccc3nc(-c4ccc(NC(=O)C(F)(F)F)cc4)ccc3c2)OC2CCCCO2)cc1. The fourth-order valence-electron chi connectivity index (χ4n) is 4.57. The van der Waals surface area contributed by atoms with Crippen molar-refractivity contribution in [1.82, 2.24) is 4.98 Å². The van der Waals surface area contributed by atoms with E-state index in [1.54, 1.807) is 48.5 Å². The molecule has 1 aromatic heterocycles. The van der Waals surface area contributed by atoms with Gasteiger partial charge in [-0.25, -0.2) is 4.98 Å². The summed E-state index contributed by atoms with van der Waals surface area (Å²) in [7, 11) is -4.01. The van der Waals surface area contributed by atoms with Gasteiger partial charge in [0.25, 0.3) is 10.1 Å². The van der Waals surface area contributed by atoms with Crippen molar-refractivity contribution in [2.45, 2.75) is 49.7 Å². The van der Waals surface area contributed by atoms with Crippen LogP contribution < -0.4 is 10.1 Å². The van der Waals surface area contributed by atoms with E-state index < -0.39 is 34.6 Å². The molecule has 0 radical (unpaired) electrons. The number of aromatic nitrogens is 1. The van der Waals surface area contributed by atoms with Crippen molar-refractivity contribution in [2.75, 3.05) is 25.1 Å². The van der Waals surface area contributed by atoms with Crippen LogP contribution in [0.4, 0.5) is 18.9 Å². The second-order valence-corrected chi connectivity index (χ2v) is 12.1. The maximum absolute atomic E-state index is 12.8. The Hall–Kier alpha value is -4.04. The lowest BCUT2D eigenvalue weighted by molar-refractivity contribution is -0.198. The number of rotatable bonds is 11. The maximum atomic E-state index is 12.8. The Kier molecular flexibility index (Phi) is 10.0. The molecule has 1 saturated heterocycles. The normalized spacial score (nSPS) is 16.3. The predicted molar refractivity (Wildman–Crippen MR) is 160 cm³/mol. The van der Waals surface area contributed by atoms with E-state index in [4.69, 9.17) is 18.4 Å². The maximum Gasteiger partial charge on any atom is 0.471 e. The quantitative estimate of drug-likeness (QED) is 0.187. The lowest BCUT2D eigenvalue weighted by Crippen LogP contribution is -2.35. The van der Waals surface area contributed by atoms with E-state index in [1.165, 1.54) is 24.3 Å². The van der Waals surface area contributed by atoms with Gasteiger partial charge in [0.15, 0.2) is 6.29 Å². The highest BCUT2D eigenvalue weighted by molar-refractivity contribution is 7.86. The monoisotopic (exact) mass is 644 g/mol. The number of alkyl halides is 3. The highest BCUT2D eigenvalue weighted by Crippen LogP contribution is 2.27. The summed E-state index contributed by atoms with van der Waals surface area (Å²) in [5.74, 6) is -1.54. The number of nitrogens with zero attached hydrogens (tertiary/aromatic N) is 1. The average molecular weight is 645 g/mol. The van der Waals surface area contributed by atoms with Crippen LogP contribution in [0, 0.1) is 6.92 Å². The van der Waals surface area contributed by atoms with Crippen LogP contribution in [0.2, 0.25) is 0 Å². The Balaban J connectivity index is 1.24. The van der Waals surface area contributed by atoms with E-state index in [2.05, 4.69) is 4.98 Å². The molecule has 5 rings (SSSR count). The van der Waals surface area contributed by atoms with Crippen LogP contribution in [0.25, 0.3) is 22.2 Å². The summed E-state index contributed by atoms with van der Waals surface area (Å²) in [5, 5.41) is 2.57. The van der Waals surface area contributed by atoms with Crippen molar-refractivity contribution in [1.29, 1.82) is 0 Å². The minimum Gasteiger partial charge on any atom is -0.491 e. The molecule has 1 aliphatic rings. The minimum atomic E-state index is -4.98. The summed E-state index contributed by atoms with van der Waals surface area (Å²) in [6.07, 6.45) is -3.68. The van der Waals surface area contributed by atoms with Crippen molar-refractivity contribution in [3.63, 3.8) is 0 Å². The number of anilines is 1. The summed E-state index contributed by atoms with van der Waals surface area (Å²) in [5.41, 5.74) is 2.81. The Morgan fingerprint density at radius 3 is 2.44 bits per heavy atom. The van der Waals surface area contributed by atoms with Gasteiger partial charge in [-0.05, 0) is 74.7 Å². The first-order valence-corrected chi connectivity index (χ1v) is 15.6. The Morgan fingerprint density at radius 2 is 1.76 bits per heavy atom. The highest BCUT2D eigenvalue weighted by Gasteiger charge is 2.38. The van der Waals surface area contributed by atoms with E-state index in [1.807, 2.05) is 18.3 Å². The molecule has 1 aliphatic heterocycles. The summed E-state index contributed by atoms with van der Waals surface area (Å²) >= 11 is 0. The number of nitrogens with one attached hydrogen (secondary N) is 1. The second-order valence-electron chi connectivity index (χ2n) is 10.5. The van der Waals surface area contributed by atoms with Crippen LogP contribution in [0.1, 0.15) is 24.8 Å². The number of aryl methyl sites for hydroxylation is 1. The zero-order chi connectivity index (χ0) is 32.0. The third-order valence-corrected chi connectivity index (χ3v) is 8.29. The van der Waals surface area contributed by atoms with Crippen LogP contribution in [0.15, 0.2) is 83.8 Å². The number of hydrogen-bond donors (Lipinski definition) is 1. The molecule has 9 nitrogen and oxygen atoms in total. The van der Waals surface area contributed by atoms with Gasteiger partial charge in [-0.1, -0.05) is 35.9 Å². The Morgan fingerprint density at radius 1 is 1.00 bits per heavy atom. The fourth-order valence-corrected chi connectivity index (χ4v) is 5.50. The first-order valence-electron chi connectivity index (χ1n) is 14.2. The van der Waals surface area contributed by atoms with Gasteiger partial charge >= 0.3 is 12.1 Å². The molecule has 3 aromatic carbocycles. The predicted octanol–water partition coefficient (Wildman–Crippen LogP) is 6.41. The number of hydrogen-bond acceptors (Lipinski definition) is 8. The standard InChI is InChI=1S/C32H31F3N2O7S/c1-21-5-13-27(14-6-21)45(39,40)43-20-26(44-30-4-2-3-17-41-30)19-42-25-12-16-29-23(18-25)9-15-28(37-29)22-7-10-24(11-8-22)36-31(38)32(33,34)35/h5-16,18,26,30H,2-4,17,19-20H2,1H3,(H,36,38). The first-order chi connectivity index (χ1) is 21.5. The van der Waals surface area contributed by atoms with Gasteiger partial charge in [0.1, 0.15) is 18.5 Å². The number of carbonyl (C=O) groups excluding carboxylic acids is 1. The van der Waals surface area contributed by atoms with Crippen LogP contribution in [-0.2, 0) is 28.6 Å². The van der Waals surface area contributed by atoms with Crippen LogP contribution in [0.5, 0.6) is 5.75 Å². The highest BCUT2D eigenvalue weighted by atomic mass is 32.2. The van der Waals surface area contributed by atoms with Crippen molar-refractivity contribution in [3.05, 3.63) is 84.4 Å². The smallest absolute Gasteiger partial charge is 0.471 e. The molecule has 2 heterocycles. The molecule has 0 bridgehead atoms. The van der Waals surface area contributed by atoms with E-state index in [0.717, 1.165) is 23.8 Å². The minimum absolute atomic E-state index is 0.00246. The lowest BCUT2D eigenvalue weighted by Gasteiger charge is -2.27. The number of carbonyl (C=O) groups is 1. The van der Waals surface area contributed by atoms with Gasteiger partial charge in [-0.15, -0.1) is 0 Å². The van der Waals surface area contributed by atoms with E-state index >= 15 is 0 Å². The number of benzene rings is 3. The molecular weight excluding hydrogens is 613 g/mol. The number of amides is 1. The Labute approximate surface area is 258 Å². The van der Waals surface area contributed by atoms with Crippen molar-refractivity contribution in [3.8, 4) is 17.0 Å². The first kappa shape index (κ1) is 32.4. The third-order valence-electron chi connectivity index (χ3n) is 6.99. The summed E-state index contributed by atoms with van der Waals surface area (Å²) < 4.78 is 86.1. The van der Waals surface area contributed by atoms with Crippen molar-refractivity contribution < 1.29 is 44.8 Å². The zero-order valence-corrected chi connectivity index (χ0v) is 25.1. The van der Waals surface area contributed by atoms with Gasteiger partial charge < -0.3 is 19.5 Å². The molecular formula is C32H31F3N2O7S. The molecule has 2 unspecified atom stereocenters. The van der Waals surface area contributed by atoms with E-state index in [-0.39, 0.29) is 23.8 Å². The molecule has 1 amide bonds. The molecule has 0 saturated carbocycles. The van der Waals surface area contributed by atoms with Gasteiger partial charge in [-0.2, -0.15) is 21.6 Å². The molecule has 13 heteroatoms. The Bertz CT molecular complexity index is 1720. The largest absolute Gasteiger partial charge is 0.491 e. The summed E-state index contributed by atoms with van der Waals surface area (Å²) in [6, 6.07) is 21.1. The number of pyridine rings is 1. The van der Waals surface area contributed by atoms with Gasteiger partial charge in [0.2, 0.25) is 0 Å². The number of ether oxygens (including phenoxy) is 3. The van der Waals surface area contributed by atoms with Gasteiger partial charge in [-0.3, -0.25) is 8.98 Å². The fraction of sp³-hybridized carbons (Fsp3) is 0.312.